The van der Waals surface area contributed by atoms with Crippen molar-refractivity contribution < 1.29 is 15.0 Å². The maximum Gasteiger partial charge on any atom is 0.203 e. The highest BCUT2D eigenvalue weighted by Gasteiger charge is 2.00. The second-order valence-electron chi connectivity index (χ2n) is 2.13. The van der Waals surface area contributed by atoms with E-state index in [0.29, 0.717) is 5.56 Å². The molecule has 0 aliphatic heterocycles. The molecule has 3 heteroatoms. The molecule has 3 nitrogen and oxygen atoms in total. The van der Waals surface area contributed by atoms with Gasteiger partial charge < -0.3 is 10.2 Å². The van der Waals surface area contributed by atoms with Crippen molar-refractivity contribution in [3.05, 3.63) is 23.8 Å². The molecule has 0 unspecified atom stereocenters. The fourth-order valence-electron chi connectivity index (χ4n) is 0.779. The Labute approximate surface area is 63.9 Å². The predicted molar refractivity (Wildman–Crippen MR) is 39.2 cm³/mol. The van der Waals surface area contributed by atoms with Gasteiger partial charge in [0.1, 0.15) is 11.5 Å². The SMILES string of the molecule is O=[C]Cc1ccc(O)cc1O. The van der Waals surface area contributed by atoms with Crippen molar-refractivity contribution >= 4 is 6.29 Å². The minimum Gasteiger partial charge on any atom is -0.508 e. The minimum absolute atomic E-state index is 0.0165. The van der Waals surface area contributed by atoms with Gasteiger partial charge in [-0.15, -0.1) is 0 Å². The van der Waals surface area contributed by atoms with Gasteiger partial charge in [-0.05, 0) is 6.07 Å². The maximum atomic E-state index is 9.91. The molecule has 0 saturated heterocycles. The van der Waals surface area contributed by atoms with E-state index in [-0.39, 0.29) is 17.9 Å². The Hall–Kier alpha value is -1.51. The molecule has 0 aromatic heterocycles. The Morgan fingerprint density at radius 1 is 1.36 bits per heavy atom. The number of rotatable bonds is 2. The quantitative estimate of drug-likeness (QED) is 0.655. The third-order valence-electron chi connectivity index (χ3n) is 1.33. The van der Waals surface area contributed by atoms with Gasteiger partial charge in [0, 0.05) is 18.1 Å². The van der Waals surface area contributed by atoms with Gasteiger partial charge in [0.25, 0.3) is 0 Å². The summed E-state index contributed by atoms with van der Waals surface area (Å²) in [5, 5.41) is 17.9. The van der Waals surface area contributed by atoms with E-state index in [9.17, 15) is 4.79 Å². The zero-order valence-electron chi connectivity index (χ0n) is 5.74. The normalized spacial score (nSPS) is 9.45. The van der Waals surface area contributed by atoms with Crippen LogP contribution in [0.25, 0.3) is 0 Å². The van der Waals surface area contributed by atoms with Crippen LogP contribution in [0.4, 0.5) is 0 Å². The number of hydrogen-bond donors (Lipinski definition) is 2. The van der Waals surface area contributed by atoms with E-state index in [2.05, 4.69) is 0 Å². The highest BCUT2D eigenvalue weighted by molar-refractivity contribution is 5.58. The molecule has 0 fully saturated rings. The molecule has 57 valence electrons. The molecule has 0 atom stereocenters. The van der Waals surface area contributed by atoms with Crippen LogP contribution in [0, 0.1) is 0 Å². The van der Waals surface area contributed by atoms with Crippen LogP contribution >= 0.6 is 0 Å². The first kappa shape index (κ1) is 7.60. The van der Waals surface area contributed by atoms with Crippen LogP contribution < -0.4 is 0 Å². The number of carbonyl (C=O) groups excluding carboxylic acids is 1. The fourth-order valence-corrected chi connectivity index (χ4v) is 0.779. The molecule has 1 aromatic rings. The lowest BCUT2D eigenvalue weighted by molar-refractivity contribution is 0.446. The lowest BCUT2D eigenvalue weighted by atomic mass is 10.1. The first-order valence-electron chi connectivity index (χ1n) is 3.10. The van der Waals surface area contributed by atoms with E-state index in [0.717, 1.165) is 0 Å². The van der Waals surface area contributed by atoms with Crippen molar-refractivity contribution in [3.63, 3.8) is 0 Å². The van der Waals surface area contributed by atoms with Crippen LogP contribution in [0.1, 0.15) is 5.56 Å². The molecule has 0 bridgehead atoms. The highest BCUT2D eigenvalue weighted by atomic mass is 16.3. The smallest absolute Gasteiger partial charge is 0.203 e. The van der Waals surface area contributed by atoms with Gasteiger partial charge >= 0.3 is 0 Å². The van der Waals surface area contributed by atoms with Gasteiger partial charge in [-0.3, -0.25) is 4.79 Å². The summed E-state index contributed by atoms with van der Waals surface area (Å²) in [7, 11) is 0. The molecule has 0 amide bonds. The van der Waals surface area contributed by atoms with Gasteiger partial charge in [-0.2, -0.15) is 0 Å². The Morgan fingerprint density at radius 2 is 2.09 bits per heavy atom. The van der Waals surface area contributed by atoms with Gasteiger partial charge in [0.2, 0.25) is 6.29 Å². The average molecular weight is 151 g/mol. The van der Waals surface area contributed by atoms with Gasteiger partial charge in [0.05, 0.1) is 0 Å². The third-order valence-corrected chi connectivity index (χ3v) is 1.33. The van der Waals surface area contributed by atoms with Crippen molar-refractivity contribution in [3.8, 4) is 11.5 Å². The largest absolute Gasteiger partial charge is 0.508 e. The maximum absolute atomic E-state index is 9.91. The van der Waals surface area contributed by atoms with E-state index in [4.69, 9.17) is 10.2 Å². The topological polar surface area (TPSA) is 57.5 Å². The predicted octanol–water partition coefficient (Wildman–Crippen LogP) is 0.750. The van der Waals surface area contributed by atoms with Crippen LogP contribution in [0.2, 0.25) is 0 Å². The van der Waals surface area contributed by atoms with Gasteiger partial charge in [-0.25, -0.2) is 0 Å². The van der Waals surface area contributed by atoms with Gasteiger partial charge in [-0.1, -0.05) is 6.07 Å². The van der Waals surface area contributed by atoms with E-state index in [1.54, 1.807) is 6.29 Å². The number of hydrogen-bond acceptors (Lipinski definition) is 3. The molecule has 0 aliphatic carbocycles. The number of aromatic hydroxyl groups is 2. The molecule has 1 radical (unpaired) electrons. The van der Waals surface area contributed by atoms with Crippen LogP contribution in [-0.2, 0) is 11.2 Å². The highest BCUT2D eigenvalue weighted by Crippen LogP contribution is 2.21. The van der Waals surface area contributed by atoms with Crippen molar-refractivity contribution in [2.75, 3.05) is 0 Å². The number of phenols is 2. The van der Waals surface area contributed by atoms with Crippen molar-refractivity contribution in [1.82, 2.24) is 0 Å². The second-order valence-corrected chi connectivity index (χ2v) is 2.13. The molecular weight excluding hydrogens is 144 g/mol. The van der Waals surface area contributed by atoms with Crippen LogP contribution in [-0.4, -0.2) is 16.5 Å². The van der Waals surface area contributed by atoms with E-state index in [1.165, 1.54) is 18.2 Å². The summed E-state index contributed by atoms with van der Waals surface area (Å²) in [6.45, 7) is 0. The molecule has 11 heavy (non-hydrogen) atoms. The molecule has 1 rings (SSSR count). The van der Waals surface area contributed by atoms with E-state index < -0.39 is 0 Å². The second kappa shape index (κ2) is 3.05. The zero-order chi connectivity index (χ0) is 8.27. The van der Waals surface area contributed by atoms with E-state index in [1.807, 2.05) is 0 Å². The Morgan fingerprint density at radius 3 is 2.64 bits per heavy atom. The first-order valence-corrected chi connectivity index (χ1v) is 3.10. The van der Waals surface area contributed by atoms with Crippen molar-refractivity contribution in [2.45, 2.75) is 6.42 Å². The van der Waals surface area contributed by atoms with Crippen molar-refractivity contribution in [1.29, 1.82) is 0 Å². The lowest BCUT2D eigenvalue weighted by Gasteiger charge is -1.99. The monoisotopic (exact) mass is 151 g/mol. The summed E-state index contributed by atoms with van der Waals surface area (Å²) in [6, 6.07) is 4.08. The lowest BCUT2D eigenvalue weighted by Crippen LogP contribution is -1.85. The standard InChI is InChI=1S/C8H7O3/c9-4-3-6-1-2-7(10)5-8(6)11/h1-2,5,10-11H,3H2. The summed E-state index contributed by atoms with van der Waals surface area (Å²) >= 11 is 0. The third kappa shape index (κ3) is 1.70. The summed E-state index contributed by atoms with van der Waals surface area (Å²) in [5.74, 6) is -0.0921. The summed E-state index contributed by atoms with van der Waals surface area (Å²) in [5.41, 5.74) is 0.470. The molecule has 0 aliphatic rings. The zero-order valence-corrected chi connectivity index (χ0v) is 5.74. The summed E-state index contributed by atoms with van der Waals surface area (Å²) < 4.78 is 0. The average Bonchev–Trinajstić information content (AvgIpc) is 1.95. The van der Waals surface area contributed by atoms with E-state index >= 15 is 0 Å². The minimum atomic E-state index is -0.0756. The van der Waals surface area contributed by atoms with Gasteiger partial charge in [0.15, 0.2) is 0 Å². The van der Waals surface area contributed by atoms with Crippen molar-refractivity contribution in [2.24, 2.45) is 0 Å². The number of benzene rings is 1. The molecular formula is C8H7O3. The first-order chi connectivity index (χ1) is 5.24. The van der Waals surface area contributed by atoms with Crippen LogP contribution in [0.3, 0.4) is 0 Å². The molecule has 0 spiro atoms. The van der Waals surface area contributed by atoms with Crippen LogP contribution in [0.15, 0.2) is 18.2 Å². The van der Waals surface area contributed by atoms with Crippen LogP contribution in [0.5, 0.6) is 11.5 Å². The molecule has 2 N–H and O–H groups in total. The number of phenolic OH excluding ortho intramolecular Hbond substituents is 2. The Kier molecular flexibility index (Phi) is 2.11. The molecule has 1 aromatic carbocycles. The Balaban J connectivity index is 2.98. The summed E-state index contributed by atoms with van der Waals surface area (Å²) in [6.07, 6.45) is 1.70. The summed E-state index contributed by atoms with van der Waals surface area (Å²) in [4.78, 5) is 9.91. The molecule has 0 saturated carbocycles. The fraction of sp³-hybridized carbons (Fsp3) is 0.125. The Bertz CT molecular complexity index is 268. The molecule has 0 heterocycles.